The van der Waals surface area contributed by atoms with E-state index < -0.39 is 10.2 Å². The van der Waals surface area contributed by atoms with Crippen molar-refractivity contribution >= 4 is 10.2 Å². The van der Waals surface area contributed by atoms with Gasteiger partial charge >= 0.3 is 0 Å². The molecule has 0 N–H and O–H groups in total. The SMILES string of the molecule is Cc1nn(C)c(C)c1-c1cncc(CC2CCN(S(=O)(=O)N(C)C)C2)n1. The Kier molecular flexibility index (Phi) is 5.14. The number of hydrogen-bond acceptors (Lipinski definition) is 5. The van der Waals surface area contributed by atoms with Crippen LogP contribution in [0.4, 0.5) is 0 Å². The van der Waals surface area contributed by atoms with Crippen LogP contribution in [-0.2, 0) is 23.7 Å². The molecule has 3 heterocycles. The molecule has 1 atom stereocenters. The van der Waals surface area contributed by atoms with Crippen LogP contribution in [0.25, 0.3) is 11.3 Å². The number of hydrogen-bond donors (Lipinski definition) is 0. The molecule has 0 radical (unpaired) electrons. The van der Waals surface area contributed by atoms with Crippen LogP contribution in [0.2, 0.25) is 0 Å². The summed E-state index contributed by atoms with van der Waals surface area (Å²) in [6, 6.07) is 0. The van der Waals surface area contributed by atoms with Gasteiger partial charge in [0.25, 0.3) is 10.2 Å². The first-order valence-corrected chi connectivity index (χ1v) is 10.1. The summed E-state index contributed by atoms with van der Waals surface area (Å²) < 4.78 is 29.2. The van der Waals surface area contributed by atoms with Gasteiger partial charge in [0.2, 0.25) is 0 Å². The van der Waals surface area contributed by atoms with E-state index in [1.807, 2.05) is 25.6 Å². The van der Waals surface area contributed by atoms with Crippen LogP contribution in [0.5, 0.6) is 0 Å². The van der Waals surface area contributed by atoms with Crippen molar-refractivity contribution in [2.45, 2.75) is 26.7 Å². The van der Waals surface area contributed by atoms with E-state index in [-0.39, 0.29) is 5.92 Å². The number of aryl methyl sites for hydroxylation is 2. The van der Waals surface area contributed by atoms with E-state index in [4.69, 9.17) is 4.98 Å². The van der Waals surface area contributed by atoms with Gasteiger partial charge in [-0.3, -0.25) is 9.67 Å². The number of nitrogens with zero attached hydrogens (tertiary/aromatic N) is 6. The Bertz CT molecular complexity index is 906. The van der Waals surface area contributed by atoms with Crippen molar-refractivity contribution in [1.29, 1.82) is 0 Å². The highest BCUT2D eigenvalue weighted by Gasteiger charge is 2.33. The van der Waals surface area contributed by atoms with Gasteiger partial charge in [0, 0.05) is 51.7 Å². The fraction of sp³-hybridized carbons (Fsp3) is 0.588. The third-order valence-electron chi connectivity index (χ3n) is 4.98. The molecule has 9 heteroatoms. The molecular weight excluding hydrogens is 352 g/mol. The molecule has 2 aromatic heterocycles. The molecule has 0 spiro atoms. The molecule has 1 aliphatic heterocycles. The van der Waals surface area contributed by atoms with Gasteiger partial charge in [-0.15, -0.1) is 0 Å². The first kappa shape index (κ1) is 18.9. The molecule has 8 nitrogen and oxygen atoms in total. The highest BCUT2D eigenvalue weighted by molar-refractivity contribution is 7.86. The van der Waals surface area contributed by atoms with E-state index in [1.54, 1.807) is 30.8 Å². The van der Waals surface area contributed by atoms with Crippen molar-refractivity contribution in [1.82, 2.24) is 28.4 Å². The Morgan fingerprint density at radius 3 is 2.62 bits per heavy atom. The molecule has 0 bridgehead atoms. The van der Waals surface area contributed by atoms with Gasteiger partial charge in [-0.25, -0.2) is 4.98 Å². The molecule has 0 amide bonds. The van der Waals surface area contributed by atoms with Crippen molar-refractivity contribution in [3.8, 4) is 11.3 Å². The van der Waals surface area contributed by atoms with E-state index in [1.165, 1.54) is 4.31 Å². The minimum Gasteiger partial charge on any atom is -0.272 e. The average molecular weight is 379 g/mol. The van der Waals surface area contributed by atoms with Gasteiger partial charge in [-0.05, 0) is 32.6 Å². The van der Waals surface area contributed by atoms with E-state index in [2.05, 4.69) is 10.1 Å². The molecule has 1 saturated heterocycles. The second kappa shape index (κ2) is 7.05. The van der Waals surface area contributed by atoms with E-state index >= 15 is 0 Å². The first-order chi connectivity index (χ1) is 12.2. The van der Waals surface area contributed by atoms with Crippen LogP contribution in [0.3, 0.4) is 0 Å². The van der Waals surface area contributed by atoms with Crippen LogP contribution in [0.1, 0.15) is 23.5 Å². The normalized spacial score (nSPS) is 18.8. The van der Waals surface area contributed by atoms with Crippen molar-refractivity contribution in [3.05, 3.63) is 29.5 Å². The maximum Gasteiger partial charge on any atom is 0.281 e. The zero-order valence-electron chi connectivity index (χ0n) is 16.0. The quantitative estimate of drug-likeness (QED) is 0.780. The Labute approximate surface area is 155 Å². The lowest BCUT2D eigenvalue weighted by Gasteiger charge is -2.20. The summed E-state index contributed by atoms with van der Waals surface area (Å²) in [7, 11) is 1.71. The summed E-state index contributed by atoms with van der Waals surface area (Å²) in [5, 5.41) is 4.44. The van der Waals surface area contributed by atoms with Gasteiger partial charge in [0.1, 0.15) is 0 Å². The lowest BCUT2D eigenvalue weighted by molar-refractivity contribution is 0.409. The van der Waals surface area contributed by atoms with Crippen LogP contribution < -0.4 is 0 Å². The van der Waals surface area contributed by atoms with E-state index in [9.17, 15) is 8.42 Å². The Morgan fingerprint density at radius 1 is 1.27 bits per heavy atom. The van der Waals surface area contributed by atoms with Crippen LogP contribution in [0.15, 0.2) is 12.4 Å². The smallest absolute Gasteiger partial charge is 0.272 e. The minimum absolute atomic E-state index is 0.255. The summed E-state index contributed by atoms with van der Waals surface area (Å²) in [6.45, 7) is 5.07. The van der Waals surface area contributed by atoms with Crippen LogP contribution in [0, 0.1) is 19.8 Å². The molecule has 1 fully saturated rings. The topological polar surface area (TPSA) is 84.2 Å². The summed E-state index contributed by atoms with van der Waals surface area (Å²) in [5.41, 5.74) is 4.71. The zero-order chi connectivity index (χ0) is 19.1. The highest BCUT2D eigenvalue weighted by atomic mass is 32.2. The standard InChI is InChI=1S/C17H26N6O2S/c1-12-17(13(2)22(5)20-12)16-10-18-9-15(19-16)8-14-6-7-23(11-14)26(24,25)21(3)4/h9-10,14H,6-8,11H2,1-5H3. The molecule has 1 aliphatic rings. The third-order valence-corrected chi connectivity index (χ3v) is 6.89. The van der Waals surface area contributed by atoms with Gasteiger partial charge in [-0.1, -0.05) is 0 Å². The number of rotatable bonds is 5. The molecule has 0 aliphatic carbocycles. The third kappa shape index (κ3) is 3.51. The van der Waals surface area contributed by atoms with Gasteiger partial charge in [-0.2, -0.15) is 22.1 Å². The first-order valence-electron chi connectivity index (χ1n) is 8.69. The molecule has 26 heavy (non-hydrogen) atoms. The van der Waals surface area contributed by atoms with E-state index in [0.29, 0.717) is 13.1 Å². The highest BCUT2D eigenvalue weighted by Crippen LogP contribution is 2.26. The lowest BCUT2D eigenvalue weighted by atomic mass is 10.0. The Balaban J connectivity index is 1.76. The maximum atomic E-state index is 12.3. The van der Waals surface area contributed by atoms with Crippen LogP contribution in [-0.4, -0.2) is 64.0 Å². The van der Waals surface area contributed by atoms with Crippen molar-refractivity contribution < 1.29 is 8.42 Å². The molecular formula is C17H26N6O2S. The molecule has 142 valence electrons. The Hall–Kier alpha value is -1.84. The van der Waals surface area contributed by atoms with Crippen molar-refractivity contribution in [3.63, 3.8) is 0 Å². The van der Waals surface area contributed by atoms with Crippen molar-refractivity contribution in [2.75, 3.05) is 27.2 Å². The average Bonchev–Trinajstić information content (AvgIpc) is 3.13. The van der Waals surface area contributed by atoms with Gasteiger partial charge in [0.05, 0.1) is 23.3 Å². The molecule has 0 saturated carbocycles. The molecule has 2 aromatic rings. The van der Waals surface area contributed by atoms with Gasteiger partial charge < -0.3 is 0 Å². The predicted molar refractivity (Wildman–Crippen MR) is 99.7 cm³/mol. The second-order valence-corrected chi connectivity index (χ2v) is 9.21. The van der Waals surface area contributed by atoms with Gasteiger partial charge in [0.15, 0.2) is 0 Å². The summed E-state index contributed by atoms with van der Waals surface area (Å²) in [6.07, 6.45) is 5.09. The fourth-order valence-electron chi connectivity index (χ4n) is 3.47. The molecule has 3 rings (SSSR count). The largest absolute Gasteiger partial charge is 0.281 e. The van der Waals surface area contributed by atoms with Crippen LogP contribution >= 0.6 is 0 Å². The zero-order valence-corrected chi connectivity index (χ0v) is 16.8. The molecule has 0 aromatic carbocycles. The minimum atomic E-state index is -3.34. The number of aromatic nitrogens is 4. The lowest BCUT2D eigenvalue weighted by Crippen LogP contribution is -2.38. The predicted octanol–water partition coefficient (Wildman–Crippen LogP) is 1.16. The Morgan fingerprint density at radius 2 is 2.00 bits per heavy atom. The molecule has 1 unspecified atom stereocenters. The second-order valence-electron chi connectivity index (χ2n) is 7.07. The summed E-state index contributed by atoms with van der Waals surface area (Å²) >= 11 is 0. The van der Waals surface area contributed by atoms with Crippen molar-refractivity contribution in [2.24, 2.45) is 13.0 Å². The summed E-state index contributed by atoms with van der Waals surface area (Å²) in [5.74, 6) is 0.255. The summed E-state index contributed by atoms with van der Waals surface area (Å²) in [4.78, 5) is 9.12. The maximum absolute atomic E-state index is 12.3. The monoisotopic (exact) mass is 378 g/mol. The fourth-order valence-corrected chi connectivity index (χ4v) is 4.67. The van der Waals surface area contributed by atoms with E-state index in [0.717, 1.165) is 41.2 Å².